The largest absolute Gasteiger partial charge is 0.508 e. The number of carbonyl (C=O) groups excluding carboxylic acids is 1. The number of aliphatic hydroxyl groups is 1. The van der Waals surface area contributed by atoms with Crippen LogP contribution in [0.3, 0.4) is 0 Å². The number of halogens is 3. The Morgan fingerprint density at radius 3 is 2.60 bits per heavy atom. The third-order valence-corrected chi connectivity index (χ3v) is 5.13. The summed E-state index contributed by atoms with van der Waals surface area (Å²) in [5.41, 5.74) is 0.589. The standard InChI is InChI=1S/C21H24F3N3O3/c1-14-26(13-20(30)25-9-10-28)12-19(27(14)17-5-7-18(29)8-6-17)15-3-2-4-16(11-15)21(22,23)24/h3,5-8,11,19,28-29H,1-2,4,9-10,12-13H2,(H,25,30). The summed E-state index contributed by atoms with van der Waals surface area (Å²) in [5.74, 6) is 0.218. The molecule has 6 nitrogen and oxygen atoms in total. The number of amides is 1. The second-order valence-corrected chi connectivity index (χ2v) is 7.18. The molecule has 2 aliphatic rings. The van der Waals surface area contributed by atoms with Crippen molar-refractivity contribution in [3.05, 3.63) is 60.0 Å². The van der Waals surface area contributed by atoms with Crippen molar-refractivity contribution in [2.45, 2.75) is 25.1 Å². The highest BCUT2D eigenvalue weighted by atomic mass is 19.4. The third-order valence-electron chi connectivity index (χ3n) is 5.13. The van der Waals surface area contributed by atoms with E-state index in [0.717, 1.165) is 0 Å². The van der Waals surface area contributed by atoms with Crippen molar-refractivity contribution in [1.82, 2.24) is 10.2 Å². The summed E-state index contributed by atoms with van der Waals surface area (Å²) in [6.45, 7) is 4.23. The summed E-state index contributed by atoms with van der Waals surface area (Å²) >= 11 is 0. The van der Waals surface area contributed by atoms with Crippen LogP contribution < -0.4 is 10.2 Å². The van der Waals surface area contributed by atoms with Crippen LogP contribution >= 0.6 is 0 Å². The maximum Gasteiger partial charge on any atom is 0.412 e. The first kappa shape index (κ1) is 21.8. The first-order valence-electron chi connectivity index (χ1n) is 9.58. The van der Waals surface area contributed by atoms with Gasteiger partial charge in [0, 0.05) is 24.4 Å². The number of phenolic OH excluding ortho intramolecular Hbond substituents is 1. The van der Waals surface area contributed by atoms with Crippen LogP contribution in [0.2, 0.25) is 0 Å². The number of phenols is 1. The molecule has 9 heteroatoms. The van der Waals surface area contributed by atoms with Crippen molar-refractivity contribution in [2.24, 2.45) is 0 Å². The number of benzene rings is 1. The van der Waals surface area contributed by atoms with Gasteiger partial charge in [-0.05, 0) is 48.8 Å². The number of hydrogen-bond donors (Lipinski definition) is 3. The van der Waals surface area contributed by atoms with Crippen molar-refractivity contribution < 1.29 is 28.2 Å². The van der Waals surface area contributed by atoms with Gasteiger partial charge in [0.05, 0.1) is 19.2 Å². The first-order valence-corrected chi connectivity index (χ1v) is 9.58. The monoisotopic (exact) mass is 423 g/mol. The zero-order valence-corrected chi connectivity index (χ0v) is 16.3. The van der Waals surface area contributed by atoms with E-state index in [0.29, 0.717) is 17.1 Å². The Morgan fingerprint density at radius 1 is 1.27 bits per heavy atom. The lowest BCUT2D eigenvalue weighted by atomic mass is 9.94. The molecule has 1 heterocycles. The average molecular weight is 423 g/mol. The molecule has 3 rings (SSSR count). The fourth-order valence-corrected chi connectivity index (χ4v) is 3.69. The lowest BCUT2D eigenvalue weighted by molar-refractivity contribution is -0.121. The molecule has 1 aliphatic heterocycles. The van der Waals surface area contributed by atoms with E-state index in [-0.39, 0.29) is 50.7 Å². The smallest absolute Gasteiger partial charge is 0.412 e. The summed E-state index contributed by atoms with van der Waals surface area (Å²) in [7, 11) is 0. The number of aromatic hydroxyl groups is 1. The van der Waals surface area contributed by atoms with E-state index in [2.05, 4.69) is 11.9 Å². The zero-order valence-electron chi connectivity index (χ0n) is 16.3. The summed E-state index contributed by atoms with van der Waals surface area (Å²) in [4.78, 5) is 15.6. The number of rotatable bonds is 6. The van der Waals surface area contributed by atoms with Crippen molar-refractivity contribution in [1.29, 1.82) is 0 Å². The van der Waals surface area contributed by atoms with Crippen LogP contribution in [0.15, 0.2) is 60.0 Å². The Balaban J connectivity index is 1.91. The molecule has 1 aromatic rings. The molecule has 1 aromatic carbocycles. The van der Waals surface area contributed by atoms with Crippen molar-refractivity contribution in [3.63, 3.8) is 0 Å². The number of carbonyl (C=O) groups is 1. The van der Waals surface area contributed by atoms with Crippen molar-refractivity contribution >= 4 is 11.6 Å². The molecule has 3 N–H and O–H groups in total. The number of alkyl halides is 3. The highest BCUT2D eigenvalue weighted by Crippen LogP contribution is 2.38. The normalized spacial score (nSPS) is 19.6. The van der Waals surface area contributed by atoms with Gasteiger partial charge in [0.2, 0.25) is 5.91 Å². The van der Waals surface area contributed by atoms with Crippen LogP contribution in [-0.4, -0.2) is 59.5 Å². The van der Waals surface area contributed by atoms with Crippen molar-refractivity contribution in [3.8, 4) is 5.75 Å². The van der Waals surface area contributed by atoms with E-state index in [1.54, 1.807) is 28.0 Å². The molecule has 1 amide bonds. The molecule has 1 atom stereocenters. The van der Waals surface area contributed by atoms with Gasteiger partial charge < -0.3 is 25.3 Å². The van der Waals surface area contributed by atoms with Gasteiger partial charge in [0.15, 0.2) is 0 Å². The predicted molar refractivity (Wildman–Crippen MR) is 107 cm³/mol. The number of allylic oxidation sites excluding steroid dienone is 2. The SMILES string of the molecule is C=C1N(CC(=O)NCCO)CC(C2=CCCC(C(F)(F)F)=C2)N1c1ccc(O)cc1. The molecule has 30 heavy (non-hydrogen) atoms. The quantitative estimate of drug-likeness (QED) is 0.656. The maximum absolute atomic E-state index is 13.3. The van der Waals surface area contributed by atoms with Crippen LogP contribution in [0.1, 0.15) is 12.8 Å². The van der Waals surface area contributed by atoms with Gasteiger partial charge in [-0.3, -0.25) is 4.79 Å². The van der Waals surface area contributed by atoms with E-state index in [1.807, 2.05) is 0 Å². The van der Waals surface area contributed by atoms with Crippen LogP contribution in [0.25, 0.3) is 0 Å². The lowest BCUT2D eigenvalue weighted by Crippen LogP contribution is -2.37. The fourth-order valence-electron chi connectivity index (χ4n) is 3.69. The Labute approximate surface area is 172 Å². The summed E-state index contributed by atoms with van der Waals surface area (Å²) in [6.07, 6.45) is -1.19. The summed E-state index contributed by atoms with van der Waals surface area (Å²) < 4.78 is 39.8. The lowest BCUT2D eigenvalue weighted by Gasteiger charge is -2.29. The van der Waals surface area contributed by atoms with Crippen LogP contribution in [0, 0.1) is 0 Å². The van der Waals surface area contributed by atoms with Gasteiger partial charge in [-0.1, -0.05) is 12.7 Å². The zero-order chi connectivity index (χ0) is 21.9. The Kier molecular flexibility index (Phi) is 6.40. The highest BCUT2D eigenvalue weighted by molar-refractivity contribution is 5.78. The summed E-state index contributed by atoms with van der Waals surface area (Å²) in [5, 5.41) is 21.0. The number of nitrogens with one attached hydrogen (secondary N) is 1. The Bertz CT molecular complexity index is 862. The number of nitrogens with zero attached hydrogens (tertiary/aromatic N) is 2. The molecule has 0 radical (unpaired) electrons. The van der Waals surface area contributed by atoms with Crippen LogP contribution in [0.4, 0.5) is 18.9 Å². The van der Waals surface area contributed by atoms with E-state index in [1.165, 1.54) is 18.2 Å². The van der Waals surface area contributed by atoms with Crippen molar-refractivity contribution in [2.75, 3.05) is 31.1 Å². The molecule has 162 valence electrons. The van der Waals surface area contributed by atoms with E-state index in [4.69, 9.17) is 5.11 Å². The molecule has 1 fully saturated rings. The topological polar surface area (TPSA) is 76.0 Å². The molecule has 1 unspecified atom stereocenters. The van der Waals surface area contributed by atoms with Crippen LogP contribution in [-0.2, 0) is 4.79 Å². The van der Waals surface area contributed by atoms with Gasteiger partial charge in [0.25, 0.3) is 0 Å². The minimum absolute atomic E-state index is 0.0347. The predicted octanol–water partition coefficient (Wildman–Crippen LogP) is 2.67. The average Bonchev–Trinajstić information content (AvgIpc) is 3.02. The maximum atomic E-state index is 13.3. The van der Waals surface area contributed by atoms with Gasteiger partial charge in [-0.25, -0.2) is 0 Å². The number of anilines is 1. The molecular weight excluding hydrogens is 399 g/mol. The van der Waals surface area contributed by atoms with Gasteiger partial charge in [0.1, 0.15) is 11.6 Å². The second kappa shape index (κ2) is 8.83. The minimum Gasteiger partial charge on any atom is -0.508 e. The van der Waals surface area contributed by atoms with E-state index >= 15 is 0 Å². The third kappa shape index (κ3) is 4.79. The Morgan fingerprint density at radius 2 is 1.97 bits per heavy atom. The van der Waals surface area contributed by atoms with Gasteiger partial charge in [-0.15, -0.1) is 0 Å². The molecule has 1 saturated heterocycles. The molecule has 0 saturated carbocycles. The molecule has 0 spiro atoms. The van der Waals surface area contributed by atoms with Gasteiger partial charge >= 0.3 is 6.18 Å². The molecule has 0 aromatic heterocycles. The fraction of sp³-hybridized carbons (Fsp3) is 0.381. The first-order chi connectivity index (χ1) is 14.2. The van der Waals surface area contributed by atoms with E-state index in [9.17, 15) is 23.1 Å². The minimum atomic E-state index is -4.39. The van der Waals surface area contributed by atoms with Gasteiger partial charge in [-0.2, -0.15) is 13.2 Å². The Hall–Kier alpha value is -2.94. The molecular formula is C21H24F3N3O3. The highest BCUT2D eigenvalue weighted by Gasteiger charge is 2.39. The summed E-state index contributed by atoms with van der Waals surface area (Å²) in [6, 6.07) is 5.82. The molecule has 0 bridgehead atoms. The number of aliphatic hydroxyl groups excluding tert-OH is 1. The van der Waals surface area contributed by atoms with Crippen LogP contribution in [0.5, 0.6) is 5.75 Å². The molecule has 1 aliphatic carbocycles. The van der Waals surface area contributed by atoms with E-state index < -0.39 is 17.8 Å². The second-order valence-electron chi connectivity index (χ2n) is 7.18. The number of hydrogen-bond acceptors (Lipinski definition) is 5.